The Balaban J connectivity index is 4.41. The maximum Gasteiger partial charge on any atom is 0.306 e. The molecule has 0 heterocycles. The minimum Gasteiger partial charge on any atom is -0.462 e. The predicted molar refractivity (Wildman–Crippen MR) is 279 cm³/mol. The maximum absolute atomic E-state index is 12.8. The Bertz CT molecular complexity index is 1310. The monoisotopic (exact) mass is 903 g/mol. The van der Waals surface area contributed by atoms with Gasteiger partial charge in [0.1, 0.15) is 13.2 Å². The molecule has 0 saturated heterocycles. The van der Waals surface area contributed by atoms with E-state index in [-0.39, 0.29) is 31.1 Å². The molecule has 0 aromatic rings. The molecule has 0 N–H and O–H groups in total. The van der Waals surface area contributed by atoms with Crippen LogP contribution >= 0.6 is 0 Å². The summed E-state index contributed by atoms with van der Waals surface area (Å²) >= 11 is 0. The van der Waals surface area contributed by atoms with Gasteiger partial charge in [-0.15, -0.1) is 0 Å². The van der Waals surface area contributed by atoms with Gasteiger partial charge in [-0.1, -0.05) is 214 Å². The quantitative estimate of drug-likeness (QED) is 0.0262. The van der Waals surface area contributed by atoms with Gasteiger partial charge in [0.25, 0.3) is 0 Å². The molecular weight excluding hydrogens is 805 g/mol. The predicted octanol–water partition coefficient (Wildman–Crippen LogP) is 17.8. The fourth-order valence-corrected chi connectivity index (χ4v) is 7.06. The van der Waals surface area contributed by atoms with Crippen molar-refractivity contribution in [2.24, 2.45) is 0 Å². The average molecular weight is 903 g/mol. The number of ether oxygens (including phenoxy) is 3. The van der Waals surface area contributed by atoms with Gasteiger partial charge >= 0.3 is 17.9 Å². The van der Waals surface area contributed by atoms with Crippen LogP contribution in [-0.4, -0.2) is 37.2 Å². The third-order valence-electron chi connectivity index (χ3n) is 11.1. The summed E-state index contributed by atoms with van der Waals surface area (Å²) in [7, 11) is 0. The van der Waals surface area contributed by atoms with Crippen molar-refractivity contribution in [1.29, 1.82) is 0 Å². The number of allylic oxidation sites excluding steroid dienone is 16. The summed E-state index contributed by atoms with van der Waals surface area (Å²) < 4.78 is 16.8. The van der Waals surface area contributed by atoms with Gasteiger partial charge < -0.3 is 14.2 Å². The summed E-state index contributed by atoms with van der Waals surface area (Å²) in [6.45, 7) is 6.43. The first-order valence-electron chi connectivity index (χ1n) is 26.7. The van der Waals surface area contributed by atoms with Crippen LogP contribution in [0.1, 0.15) is 239 Å². The number of hydrogen-bond donors (Lipinski definition) is 0. The third-order valence-corrected chi connectivity index (χ3v) is 11.1. The van der Waals surface area contributed by atoms with E-state index >= 15 is 0 Å². The molecule has 1 unspecified atom stereocenters. The second-order valence-corrected chi connectivity index (χ2v) is 17.4. The Labute approximate surface area is 400 Å². The third kappa shape index (κ3) is 51.2. The number of hydrogen-bond acceptors (Lipinski definition) is 6. The lowest BCUT2D eigenvalue weighted by atomic mass is 10.1. The lowest BCUT2D eigenvalue weighted by Crippen LogP contribution is -2.30. The van der Waals surface area contributed by atoms with Gasteiger partial charge in [-0.3, -0.25) is 14.4 Å². The second-order valence-electron chi connectivity index (χ2n) is 17.4. The summed E-state index contributed by atoms with van der Waals surface area (Å²) in [5, 5.41) is 0. The van der Waals surface area contributed by atoms with Crippen molar-refractivity contribution in [3.63, 3.8) is 0 Å². The molecular formula is C59H98O6. The van der Waals surface area contributed by atoms with E-state index in [1.165, 1.54) is 77.0 Å². The number of esters is 3. The first kappa shape index (κ1) is 61.3. The molecule has 0 saturated carbocycles. The van der Waals surface area contributed by atoms with Crippen LogP contribution in [0.4, 0.5) is 0 Å². The van der Waals surface area contributed by atoms with Crippen LogP contribution in [0.15, 0.2) is 97.2 Å². The molecule has 0 aliphatic rings. The minimum atomic E-state index is -0.797. The van der Waals surface area contributed by atoms with Gasteiger partial charge in [-0.25, -0.2) is 0 Å². The van der Waals surface area contributed by atoms with Crippen molar-refractivity contribution in [2.75, 3.05) is 13.2 Å². The Morgan fingerprint density at radius 3 is 0.985 bits per heavy atom. The summed E-state index contributed by atoms with van der Waals surface area (Å²) in [4.78, 5) is 38.0. The van der Waals surface area contributed by atoms with Crippen LogP contribution in [0.25, 0.3) is 0 Å². The first-order valence-corrected chi connectivity index (χ1v) is 26.7. The topological polar surface area (TPSA) is 78.9 Å². The van der Waals surface area contributed by atoms with Crippen LogP contribution in [-0.2, 0) is 28.6 Å². The molecule has 0 aromatic carbocycles. The van der Waals surface area contributed by atoms with Crippen molar-refractivity contribution in [2.45, 2.75) is 245 Å². The maximum atomic E-state index is 12.8. The van der Waals surface area contributed by atoms with Crippen molar-refractivity contribution in [3.05, 3.63) is 97.2 Å². The second kappa shape index (κ2) is 52.9. The normalized spacial score (nSPS) is 12.8. The highest BCUT2D eigenvalue weighted by Crippen LogP contribution is 2.14. The van der Waals surface area contributed by atoms with Crippen LogP contribution in [0, 0.1) is 0 Å². The number of carbonyl (C=O) groups excluding carboxylic acids is 3. The number of carbonyl (C=O) groups is 3. The molecule has 0 spiro atoms. The smallest absolute Gasteiger partial charge is 0.306 e. The van der Waals surface area contributed by atoms with Crippen molar-refractivity contribution in [3.8, 4) is 0 Å². The largest absolute Gasteiger partial charge is 0.462 e. The van der Waals surface area contributed by atoms with Crippen molar-refractivity contribution >= 4 is 17.9 Å². The molecule has 0 bridgehead atoms. The zero-order valence-electron chi connectivity index (χ0n) is 42.2. The molecule has 0 aliphatic carbocycles. The van der Waals surface area contributed by atoms with Crippen LogP contribution in [0.5, 0.6) is 0 Å². The zero-order valence-corrected chi connectivity index (χ0v) is 42.2. The van der Waals surface area contributed by atoms with E-state index in [0.29, 0.717) is 19.3 Å². The fourth-order valence-electron chi connectivity index (χ4n) is 7.06. The molecule has 0 radical (unpaired) electrons. The molecule has 0 rings (SSSR count). The van der Waals surface area contributed by atoms with E-state index in [4.69, 9.17) is 14.2 Å². The Kier molecular flexibility index (Phi) is 50.0. The minimum absolute atomic E-state index is 0.0935. The fraction of sp³-hybridized carbons (Fsp3) is 0.678. The van der Waals surface area contributed by atoms with Gasteiger partial charge in [-0.05, 0) is 103 Å². The summed E-state index contributed by atoms with van der Waals surface area (Å²) in [6.07, 6.45) is 69.6. The van der Waals surface area contributed by atoms with E-state index in [0.717, 1.165) is 122 Å². The van der Waals surface area contributed by atoms with E-state index in [2.05, 4.69) is 118 Å². The van der Waals surface area contributed by atoms with E-state index in [1.54, 1.807) is 0 Å². The summed E-state index contributed by atoms with van der Waals surface area (Å²) in [6, 6.07) is 0. The molecule has 1 atom stereocenters. The highest BCUT2D eigenvalue weighted by atomic mass is 16.6. The van der Waals surface area contributed by atoms with Gasteiger partial charge in [0.2, 0.25) is 0 Å². The molecule has 370 valence electrons. The van der Waals surface area contributed by atoms with Crippen LogP contribution < -0.4 is 0 Å². The van der Waals surface area contributed by atoms with Gasteiger partial charge in [0.15, 0.2) is 6.10 Å². The lowest BCUT2D eigenvalue weighted by molar-refractivity contribution is -0.167. The first-order chi connectivity index (χ1) is 32.0. The van der Waals surface area contributed by atoms with Crippen LogP contribution in [0.2, 0.25) is 0 Å². The Morgan fingerprint density at radius 2 is 0.600 bits per heavy atom. The van der Waals surface area contributed by atoms with Gasteiger partial charge in [-0.2, -0.15) is 0 Å². The van der Waals surface area contributed by atoms with E-state index in [9.17, 15) is 14.4 Å². The molecule has 0 aromatic heterocycles. The highest BCUT2D eigenvalue weighted by molar-refractivity contribution is 5.71. The molecule has 0 aliphatic heterocycles. The van der Waals surface area contributed by atoms with Crippen molar-refractivity contribution < 1.29 is 28.6 Å². The SMILES string of the molecule is CC/C=C\C/C=C\C/C=C\C/C=C\C/C=C\CCCCCC(=O)OCC(COC(=O)CCCCCCCCCCC)OC(=O)CCCCCCCC/C=C\C/C=C\C/C=C\CCCCC. The molecule has 6 nitrogen and oxygen atoms in total. The average Bonchev–Trinajstić information content (AvgIpc) is 3.30. The Morgan fingerprint density at radius 1 is 0.323 bits per heavy atom. The Hall–Kier alpha value is -3.67. The number of unbranched alkanes of at least 4 members (excludes halogenated alkanes) is 20. The molecule has 0 fully saturated rings. The molecule has 6 heteroatoms. The lowest BCUT2D eigenvalue weighted by Gasteiger charge is -2.18. The van der Waals surface area contributed by atoms with E-state index < -0.39 is 6.10 Å². The molecule has 65 heavy (non-hydrogen) atoms. The van der Waals surface area contributed by atoms with Crippen LogP contribution in [0.3, 0.4) is 0 Å². The molecule has 0 amide bonds. The van der Waals surface area contributed by atoms with E-state index in [1.807, 2.05) is 0 Å². The standard InChI is InChI=1S/C59H98O6/c1-4-7-10-13-16-19-21-23-25-27-29-31-33-35-37-40-43-46-49-52-58(61)64-55-56(54-63-57(60)51-48-45-42-39-18-15-12-9-6-3)65-59(62)53-50-47-44-41-38-36-34-32-30-28-26-24-22-20-17-14-11-8-5-2/h7,10,16-17,19-20,23-26,29-32,35,37,56H,4-6,8-9,11-15,18,21-22,27-28,33-34,36,38-55H2,1-3H3/b10-7-,19-16-,20-17-,25-23-,26-24-,31-29-,32-30-,37-35-. The van der Waals surface area contributed by atoms with Gasteiger partial charge in [0.05, 0.1) is 0 Å². The summed E-state index contributed by atoms with van der Waals surface area (Å²) in [5.74, 6) is -0.944. The highest BCUT2D eigenvalue weighted by Gasteiger charge is 2.19. The van der Waals surface area contributed by atoms with Gasteiger partial charge in [0, 0.05) is 19.3 Å². The number of rotatable bonds is 47. The van der Waals surface area contributed by atoms with Crippen molar-refractivity contribution in [1.82, 2.24) is 0 Å². The zero-order chi connectivity index (χ0) is 47.2. The summed E-state index contributed by atoms with van der Waals surface area (Å²) in [5.41, 5.74) is 0.